The van der Waals surface area contributed by atoms with Crippen molar-refractivity contribution >= 4 is 35.4 Å². The van der Waals surface area contributed by atoms with E-state index in [-0.39, 0.29) is 11.9 Å². The molecule has 0 radical (unpaired) electrons. The van der Waals surface area contributed by atoms with Gasteiger partial charge in [-0.2, -0.15) is 0 Å². The molecule has 1 aromatic rings. The standard InChI is InChI=1S/C19H24ClN3O3/c1-13(2)21-18(25)19(26)23-10-8-22(9-11-23)17(24)7-6-15-5-4-14(3)16(20)12-15/h4-7,12-13H,8-11H2,1-3H3,(H,21,25)/b7-6+. The van der Waals surface area contributed by atoms with Crippen LogP contribution in [0.25, 0.3) is 6.08 Å². The Bertz CT molecular complexity index is 723. The maximum Gasteiger partial charge on any atom is 0.312 e. The molecular weight excluding hydrogens is 354 g/mol. The SMILES string of the molecule is Cc1ccc(/C=C/C(=O)N2CCN(C(=O)C(=O)NC(C)C)CC2)cc1Cl. The normalized spacial score (nSPS) is 14.8. The molecule has 3 amide bonds. The zero-order valence-electron chi connectivity index (χ0n) is 15.3. The average Bonchev–Trinajstić information content (AvgIpc) is 2.61. The summed E-state index contributed by atoms with van der Waals surface area (Å²) in [6, 6.07) is 5.52. The van der Waals surface area contributed by atoms with E-state index in [9.17, 15) is 14.4 Å². The van der Waals surface area contributed by atoms with Crippen molar-refractivity contribution in [2.45, 2.75) is 26.8 Å². The number of benzene rings is 1. The van der Waals surface area contributed by atoms with Crippen LogP contribution < -0.4 is 5.32 Å². The Hall–Kier alpha value is -2.34. The third-order valence-electron chi connectivity index (χ3n) is 4.11. The Kier molecular flexibility index (Phi) is 6.80. The molecule has 0 aliphatic carbocycles. The summed E-state index contributed by atoms with van der Waals surface area (Å²) in [6.07, 6.45) is 3.23. The second-order valence-corrected chi connectivity index (χ2v) is 6.99. The first-order valence-electron chi connectivity index (χ1n) is 8.61. The number of aryl methyl sites for hydroxylation is 1. The molecule has 0 aromatic heterocycles. The predicted octanol–water partition coefficient (Wildman–Crippen LogP) is 1.86. The number of rotatable bonds is 3. The fourth-order valence-electron chi connectivity index (χ4n) is 2.58. The minimum absolute atomic E-state index is 0.0882. The second kappa shape index (κ2) is 8.85. The van der Waals surface area contributed by atoms with Crippen molar-refractivity contribution in [2.24, 2.45) is 0 Å². The fourth-order valence-corrected chi connectivity index (χ4v) is 2.77. The summed E-state index contributed by atoms with van der Waals surface area (Å²) in [4.78, 5) is 39.3. The van der Waals surface area contributed by atoms with E-state index in [0.717, 1.165) is 11.1 Å². The Morgan fingerprint density at radius 3 is 2.31 bits per heavy atom. The van der Waals surface area contributed by atoms with Crippen molar-refractivity contribution in [3.63, 3.8) is 0 Å². The van der Waals surface area contributed by atoms with Crippen LogP contribution in [0, 0.1) is 6.92 Å². The summed E-state index contributed by atoms with van der Waals surface area (Å²) in [5.41, 5.74) is 1.84. The molecule has 1 aliphatic rings. The molecule has 2 rings (SSSR count). The van der Waals surface area contributed by atoms with Gasteiger partial charge in [-0.05, 0) is 44.0 Å². The number of piperazine rings is 1. The van der Waals surface area contributed by atoms with Crippen LogP contribution in [-0.2, 0) is 14.4 Å². The molecular formula is C19H24ClN3O3. The fraction of sp³-hybridized carbons (Fsp3) is 0.421. The number of halogens is 1. The number of nitrogens with one attached hydrogen (secondary N) is 1. The van der Waals surface area contributed by atoms with Crippen LogP contribution in [-0.4, -0.2) is 59.7 Å². The van der Waals surface area contributed by atoms with Crippen molar-refractivity contribution in [3.8, 4) is 0 Å². The number of amides is 3. The topological polar surface area (TPSA) is 69.7 Å². The highest BCUT2D eigenvalue weighted by Crippen LogP contribution is 2.17. The highest BCUT2D eigenvalue weighted by molar-refractivity contribution is 6.35. The minimum Gasteiger partial charge on any atom is -0.346 e. The molecule has 1 aromatic carbocycles. The van der Waals surface area contributed by atoms with Crippen molar-refractivity contribution in [1.82, 2.24) is 15.1 Å². The Morgan fingerprint density at radius 1 is 1.12 bits per heavy atom. The van der Waals surface area contributed by atoms with Gasteiger partial charge in [0, 0.05) is 43.3 Å². The van der Waals surface area contributed by atoms with E-state index in [1.807, 2.05) is 25.1 Å². The lowest BCUT2D eigenvalue weighted by Crippen LogP contribution is -2.54. The Morgan fingerprint density at radius 2 is 1.73 bits per heavy atom. The number of hydrogen-bond acceptors (Lipinski definition) is 3. The molecule has 0 bridgehead atoms. The molecule has 0 saturated carbocycles. The van der Waals surface area contributed by atoms with Crippen molar-refractivity contribution < 1.29 is 14.4 Å². The average molecular weight is 378 g/mol. The minimum atomic E-state index is -0.601. The molecule has 26 heavy (non-hydrogen) atoms. The number of carbonyl (C=O) groups excluding carboxylic acids is 3. The van der Waals surface area contributed by atoms with Crippen LogP contribution in [0.3, 0.4) is 0 Å². The van der Waals surface area contributed by atoms with Crippen LogP contribution in [0.2, 0.25) is 5.02 Å². The lowest BCUT2D eigenvalue weighted by molar-refractivity contribution is -0.148. The van der Waals surface area contributed by atoms with Gasteiger partial charge in [-0.15, -0.1) is 0 Å². The van der Waals surface area contributed by atoms with E-state index < -0.39 is 11.8 Å². The van der Waals surface area contributed by atoms with Crippen LogP contribution in [0.5, 0.6) is 0 Å². The number of carbonyl (C=O) groups is 3. The summed E-state index contributed by atoms with van der Waals surface area (Å²) >= 11 is 6.08. The maximum absolute atomic E-state index is 12.3. The summed E-state index contributed by atoms with van der Waals surface area (Å²) < 4.78 is 0. The van der Waals surface area contributed by atoms with Crippen molar-refractivity contribution in [1.29, 1.82) is 0 Å². The monoisotopic (exact) mass is 377 g/mol. The highest BCUT2D eigenvalue weighted by atomic mass is 35.5. The second-order valence-electron chi connectivity index (χ2n) is 6.59. The molecule has 1 saturated heterocycles. The summed E-state index contributed by atoms with van der Waals surface area (Å²) in [5.74, 6) is -1.27. The van der Waals surface area contributed by atoms with Gasteiger partial charge >= 0.3 is 11.8 Å². The largest absolute Gasteiger partial charge is 0.346 e. The van der Waals surface area contributed by atoms with E-state index in [1.54, 1.807) is 24.8 Å². The summed E-state index contributed by atoms with van der Waals surface area (Å²) in [6.45, 7) is 7.02. The van der Waals surface area contributed by atoms with Gasteiger partial charge in [-0.25, -0.2) is 0 Å². The van der Waals surface area contributed by atoms with E-state index in [0.29, 0.717) is 31.2 Å². The molecule has 0 unspecified atom stereocenters. The third kappa shape index (κ3) is 5.33. The zero-order valence-corrected chi connectivity index (χ0v) is 16.0. The molecule has 6 nitrogen and oxygen atoms in total. The van der Waals surface area contributed by atoms with E-state index in [4.69, 9.17) is 11.6 Å². The highest BCUT2D eigenvalue weighted by Gasteiger charge is 2.27. The van der Waals surface area contributed by atoms with Gasteiger partial charge in [0.1, 0.15) is 0 Å². The number of nitrogens with zero attached hydrogens (tertiary/aromatic N) is 2. The molecule has 1 N–H and O–H groups in total. The molecule has 0 spiro atoms. The Labute approximate surface area is 158 Å². The first-order valence-corrected chi connectivity index (χ1v) is 8.98. The van der Waals surface area contributed by atoms with Crippen molar-refractivity contribution in [3.05, 3.63) is 40.4 Å². The predicted molar refractivity (Wildman–Crippen MR) is 102 cm³/mol. The first-order chi connectivity index (χ1) is 12.3. The van der Waals surface area contributed by atoms with Gasteiger partial charge in [-0.3, -0.25) is 14.4 Å². The number of hydrogen-bond donors (Lipinski definition) is 1. The van der Waals surface area contributed by atoms with Crippen LogP contribution in [0.15, 0.2) is 24.3 Å². The van der Waals surface area contributed by atoms with E-state index >= 15 is 0 Å². The van der Waals surface area contributed by atoms with E-state index in [2.05, 4.69) is 5.32 Å². The van der Waals surface area contributed by atoms with Gasteiger partial charge in [0.2, 0.25) is 5.91 Å². The quantitative estimate of drug-likeness (QED) is 0.645. The maximum atomic E-state index is 12.3. The molecule has 1 heterocycles. The zero-order chi connectivity index (χ0) is 19.3. The molecule has 1 aliphatic heterocycles. The molecule has 1 fully saturated rings. The summed E-state index contributed by atoms with van der Waals surface area (Å²) in [5, 5.41) is 3.25. The molecule has 0 atom stereocenters. The smallest absolute Gasteiger partial charge is 0.312 e. The lowest BCUT2D eigenvalue weighted by atomic mass is 10.1. The molecule has 7 heteroatoms. The lowest BCUT2D eigenvalue weighted by Gasteiger charge is -2.33. The van der Waals surface area contributed by atoms with Gasteiger partial charge in [-0.1, -0.05) is 23.7 Å². The molecule has 140 valence electrons. The van der Waals surface area contributed by atoms with Crippen LogP contribution >= 0.6 is 11.6 Å². The van der Waals surface area contributed by atoms with E-state index in [1.165, 1.54) is 11.0 Å². The van der Waals surface area contributed by atoms with Gasteiger partial charge in [0.05, 0.1) is 0 Å². The van der Waals surface area contributed by atoms with Crippen LogP contribution in [0.1, 0.15) is 25.0 Å². The van der Waals surface area contributed by atoms with Gasteiger partial charge < -0.3 is 15.1 Å². The van der Waals surface area contributed by atoms with Crippen molar-refractivity contribution in [2.75, 3.05) is 26.2 Å². The summed E-state index contributed by atoms with van der Waals surface area (Å²) in [7, 11) is 0. The first kappa shape index (κ1) is 20.0. The Balaban J connectivity index is 1.87. The third-order valence-corrected chi connectivity index (χ3v) is 4.51. The van der Waals surface area contributed by atoms with Gasteiger partial charge in [0.25, 0.3) is 0 Å². The van der Waals surface area contributed by atoms with Gasteiger partial charge in [0.15, 0.2) is 0 Å². The van der Waals surface area contributed by atoms with Crippen LogP contribution in [0.4, 0.5) is 0 Å².